The van der Waals surface area contributed by atoms with Gasteiger partial charge in [0.1, 0.15) is 6.10 Å². The summed E-state index contributed by atoms with van der Waals surface area (Å²) < 4.78 is 0. The number of nitriles is 1. The van der Waals surface area contributed by atoms with Gasteiger partial charge in [0.2, 0.25) is 0 Å². The summed E-state index contributed by atoms with van der Waals surface area (Å²) in [4.78, 5) is 4.13. The minimum Gasteiger partial charge on any atom is -0.385 e. The number of aromatic nitrogens is 1. The molecule has 4 nitrogen and oxygen atoms in total. The highest BCUT2D eigenvalue weighted by Gasteiger charge is 2.17. The fraction of sp³-hybridized carbons (Fsp3) is 0.167. The van der Waals surface area contributed by atoms with Crippen LogP contribution in [0.25, 0.3) is 10.9 Å². The number of aliphatic hydroxyl groups is 2. The van der Waals surface area contributed by atoms with Crippen molar-refractivity contribution in [3.05, 3.63) is 42.1 Å². The van der Waals surface area contributed by atoms with Gasteiger partial charge in [-0.3, -0.25) is 4.98 Å². The molecule has 1 heterocycles. The lowest BCUT2D eigenvalue weighted by Gasteiger charge is -2.12. The molecule has 0 aliphatic rings. The molecule has 80 valence electrons. The molecule has 0 fully saturated rings. The fourth-order valence-electron chi connectivity index (χ4n) is 1.52. The number of rotatable bonds is 2. The second-order valence-corrected chi connectivity index (χ2v) is 3.47. The van der Waals surface area contributed by atoms with Crippen molar-refractivity contribution in [2.24, 2.45) is 0 Å². The van der Waals surface area contributed by atoms with Gasteiger partial charge in [0.25, 0.3) is 0 Å². The maximum absolute atomic E-state index is 9.65. The molecular weight excluding hydrogens is 204 g/mol. The highest BCUT2D eigenvalue weighted by Crippen LogP contribution is 2.20. The maximum atomic E-state index is 9.65. The van der Waals surface area contributed by atoms with E-state index in [-0.39, 0.29) is 0 Å². The Labute approximate surface area is 92.4 Å². The van der Waals surface area contributed by atoms with Gasteiger partial charge >= 0.3 is 0 Å². The highest BCUT2D eigenvalue weighted by molar-refractivity contribution is 5.78. The lowest BCUT2D eigenvalue weighted by molar-refractivity contribution is 0.0529. The Morgan fingerprint density at radius 1 is 1.25 bits per heavy atom. The van der Waals surface area contributed by atoms with Crippen molar-refractivity contribution in [2.45, 2.75) is 12.2 Å². The van der Waals surface area contributed by atoms with Crippen LogP contribution in [0.15, 0.2) is 36.5 Å². The average molecular weight is 214 g/mol. The van der Waals surface area contributed by atoms with Gasteiger partial charge in [-0.1, -0.05) is 18.2 Å². The predicted octanol–water partition coefficient (Wildman–Crippen LogP) is 1.15. The van der Waals surface area contributed by atoms with Crippen LogP contribution in [0.1, 0.15) is 11.7 Å². The molecule has 2 aromatic rings. The molecule has 2 N–H and O–H groups in total. The van der Waals surface area contributed by atoms with Crippen molar-refractivity contribution in [3.63, 3.8) is 0 Å². The third-order valence-electron chi connectivity index (χ3n) is 2.40. The van der Waals surface area contributed by atoms with Gasteiger partial charge in [-0.25, -0.2) is 0 Å². The zero-order valence-corrected chi connectivity index (χ0v) is 8.41. The van der Waals surface area contributed by atoms with Crippen molar-refractivity contribution in [1.29, 1.82) is 5.26 Å². The third-order valence-corrected chi connectivity index (χ3v) is 2.40. The molecule has 2 rings (SSSR count). The summed E-state index contributed by atoms with van der Waals surface area (Å²) in [6.07, 6.45) is -0.961. The second-order valence-electron chi connectivity index (χ2n) is 3.47. The van der Waals surface area contributed by atoms with Crippen LogP contribution in [-0.4, -0.2) is 21.3 Å². The van der Waals surface area contributed by atoms with Gasteiger partial charge in [-0.2, -0.15) is 5.26 Å². The minimum atomic E-state index is -1.42. The first-order chi connectivity index (χ1) is 7.72. The summed E-state index contributed by atoms with van der Waals surface area (Å²) in [5.74, 6) is 0. The van der Waals surface area contributed by atoms with Gasteiger partial charge in [-0.05, 0) is 17.7 Å². The van der Waals surface area contributed by atoms with E-state index in [1.165, 1.54) is 0 Å². The van der Waals surface area contributed by atoms with E-state index in [1.54, 1.807) is 30.5 Å². The molecule has 0 bridgehead atoms. The Morgan fingerprint density at radius 2 is 2.06 bits per heavy atom. The van der Waals surface area contributed by atoms with Gasteiger partial charge in [-0.15, -0.1) is 0 Å². The van der Waals surface area contributed by atoms with E-state index in [9.17, 15) is 10.2 Å². The van der Waals surface area contributed by atoms with Gasteiger partial charge < -0.3 is 10.2 Å². The smallest absolute Gasteiger partial charge is 0.170 e. The molecule has 0 saturated heterocycles. The molecule has 2 atom stereocenters. The topological polar surface area (TPSA) is 77.1 Å². The van der Waals surface area contributed by atoms with Crippen molar-refractivity contribution in [2.75, 3.05) is 0 Å². The Kier molecular flexibility index (Phi) is 2.82. The minimum absolute atomic E-state index is 0.486. The van der Waals surface area contributed by atoms with Crippen LogP contribution >= 0.6 is 0 Å². The Balaban J connectivity index is 2.44. The van der Waals surface area contributed by atoms with Crippen LogP contribution in [0.3, 0.4) is 0 Å². The molecule has 1 aromatic heterocycles. The molecule has 16 heavy (non-hydrogen) atoms. The van der Waals surface area contributed by atoms with Crippen LogP contribution in [-0.2, 0) is 0 Å². The van der Waals surface area contributed by atoms with Crippen molar-refractivity contribution in [3.8, 4) is 6.07 Å². The van der Waals surface area contributed by atoms with Crippen LogP contribution in [0.4, 0.5) is 0 Å². The van der Waals surface area contributed by atoms with Crippen molar-refractivity contribution < 1.29 is 10.2 Å². The zero-order valence-electron chi connectivity index (χ0n) is 8.41. The highest BCUT2D eigenvalue weighted by atomic mass is 16.3. The summed E-state index contributed by atoms with van der Waals surface area (Å²) in [7, 11) is 0. The van der Waals surface area contributed by atoms with E-state index in [0.29, 0.717) is 5.56 Å². The molecule has 0 spiro atoms. The lowest BCUT2D eigenvalue weighted by Crippen LogP contribution is -2.15. The summed E-state index contributed by atoms with van der Waals surface area (Å²) in [6, 6.07) is 10.5. The second kappa shape index (κ2) is 4.27. The SMILES string of the molecule is N#CC(O)C(O)c1ccc2cccnc2c1. The van der Waals surface area contributed by atoms with Crippen LogP contribution in [0, 0.1) is 11.3 Å². The molecule has 0 radical (unpaired) electrons. The van der Waals surface area contributed by atoms with Gasteiger partial charge in [0, 0.05) is 11.6 Å². The van der Waals surface area contributed by atoms with E-state index in [0.717, 1.165) is 10.9 Å². The molecule has 4 heteroatoms. The normalized spacial score (nSPS) is 14.3. The molecule has 0 amide bonds. The molecule has 0 aliphatic carbocycles. The van der Waals surface area contributed by atoms with Crippen LogP contribution < -0.4 is 0 Å². The summed E-state index contributed by atoms with van der Waals surface area (Å²) in [6.45, 7) is 0. The first kappa shape index (κ1) is 10.6. The number of hydrogen-bond donors (Lipinski definition) is 2. The van der Waals surface area contributed by atoms with E-state index in [2.05, 4.69) is 4.98 Å². The zero-order chi connectivity index (χ0) is 11.5. The maximum Gasteiger partial charge on any atom is 0.170 e. The molecule has 2 unspecified atom stereocenters. The predicted molar refractivity (Wildman–Crippen MR) is 58.3 cm³/mol. The number of aliphatic hydroxyl groups excluding tert-OH is 2. The Morgan fingerprint density at radius 3 is 2.81 bits per heavy atom. The molecule has 0 saturated carbocycles. The number of hydrogen-bond acceptors (Lipinski definition) is 4. The Hall–Kier alpha value is -1.96. The quantitative estimate of drug-likeness (QED) is 0.735. The number of pyridine rings is 1. The Bertz CT molecular complexity index is 548. The van der Waals surface area contributed by atoms with E-state index in [4.69, 9.17) is 5.26 Å². The average Bonchev–Trinajstić information content (AvgIpc) is 2.36. The van der Waals surface area contributed by atoms with E-state index in [1.807, 2.05) is 12.1 Å². The first-order valence-electron chi connectivity index (χ1n) is 4.83. The molecular formula is C12H10N2O2. The largest absolute Gasteiger partial charge is 0.385 e. The van der Waals surface area contributed by atoms with Crippen LogP contribution in [0.5, 0.6) is 0 Å². The third kappa shape index (κ3) is 1.87. The number of benzene rings is 1. The number of nitrogens with zero attached hydrogens (tertiary/aromatic N) is 2. The lowest BCUT2D eigenvalue weighted by atomic mass is 10.0. The van der Waals surface area contributed by atoms with E-state index < -0.39 is 12.2 Å². The summed E-state index contributed by atoms with van der Waals surface area (Å²) in [5.41, 5.74) is 1.21. The van der Waals surface area contributed by atoms with Crippen LogP contribution in [0.2, 0.25) is 0 Å². The monoisotopic (exact) mass is 214 g/mol. The number of fused-ring (bicyclic) bond motifs is 1. The van der Waals surface area contributed by atoms with Gasteiger partial charge in [0.15, 0.2) is 6.10 Å². The standard InChI is InChI=1S/C12H10N2O2/c13-7-11(15)12(16)9-4-3-8-2-1-5-14-10(8)6-9/h1-6,11-12,15-16H. The summed E-state index contributed by atoms with van der Waals surface area (Å²) in [5, 5.41) is 28.3. The first-order valence-corrected chi connectivity index (χ1v) is 4.83. The van der Waals surface area contributed by atoms with Crippen molar-refractivity contribution >= 4 is 10.9 Å². The van der Waals surface area contributed by atoms with Gasteiger partial charge in [0.05, 0.1) is 11.6 Å². The molecule has 1 aromatic carbocycles. The van der Waals surface area contributed by atoms with Crippen molar-refractivity contribution in [1.82, 2.24) is 4.98 Å². The summed E-state index contributed by atoms with van der Waals surface area (Å²) >= 11 is 0. The molecule has 0 aliphatic heterocycles. The fourth-order valence-corrected chi connectivity index (χ4v) is 1.52. The van der Waals surface area contributed by atoms with E-state index >= 15 is 0 Å².